The Morgan fingerprint density at radius 1 is 1.07 bits per heavy atom. The van der Waals surface area contributed by atoms with E-state index in [-0.39, 0.29) is 19.1 Å². The summed E-state index contributed by atoms with van der Waals surface area (Å²) >= 11 is 0. The molecule has 7 nitrogen and oxygen atoms in total. The number of amides is 1. The van der Waals surface area contributed by atoms with Crippen molar-refractivity contribution in [1.29, 1.82) is 0 Å². The van der Waals surface area contributed by atoms with Crippen molar-refractivity contribution in [1.82, 2.24) is 4.31 Å². The van der Waals surface area contributed by atoms with Gasteiger partial charge in [0.25, 0.3) is 5.91 Å². The van der Waals surface area contributed by atoms with Gasteiger partial charge in [-0.3, -0.25) is 4.79 Å². The van der Waals surface area contributed by atoms with Crippen molar-refractivity contribution >= 4 is 21.6 Å². The molecule has 2 aromatic carbocycles. The van der Waals surface area contributed by atoms with E-state index in [1.807, 2.05) is 0 Å². The van der Waals surface area contributed by atoms with Crippen LogP contribution in [-0.4, -0.2) is 45.1 Å². The minimum absolute atomic E-state index is 0.142. The van der Waals surface area contributed by atoms with Gasteiger partial charge in [0.2, 0.25) is 10.0 Å². The number of hydrogen-bond donors (Lipinski definition) is 1. The van der Waals surface area contributed by atoms with Crippen molar-refractivity contribution in [2.75, 3.05) is 31.8 Å². The summed E-state index contributed by atoms with van der Waals surface area (Å²) < 4.78 is 35.0. The van der Waals surface area contributed by atoms with Crippen LogP contribution in [0, 0.1) is 0 Å². The Morgan fingerprint density at radius 3 is 2.21 bits per heavy atom. The molecule has 0 aromatic heterocycles. The highest BCUT2D eigenvalue weighted by molar-refractivity contribution is 7.88. The lowest BCUT2D eigenvalue weighted by atomic mass is 10.2. The van der Waals surface area contributed by atoms with Gasteiger partial charge in [0.1, 0.15) is 18.1 Å². The maximum Gasteiger partial charge on any atom is 0.262 e. The SMILES string of the molecule is C=CCOc1ccc(NC(=O)COc2ccc(CN(C)S(C)(=O)=O)cc2)cc1. The van der Waals surface area contributed by atoms with E-state index >= 15 is 0 Å². The fraction of sp³-hybridized carbons (Fsp3) is 0.250. The highest BCUT2D eigenvalue weighted by atomic mass is 32.2. The largest absolute Gasteiger partial charge is 0.490 e. The molecule has 0 heterocycles. The molecule has 0 saturated heterocycles. The van der Waals surface area contributed by atoms with E-state index < -0.39 is 10.0 Å². The minimum Gasteiger partial charge on any atom is -0.490 e. The van der Waals surface area contributed by atoms with Crippen LogP contribution in [0.2, 0.25) is 0 Å². The summed E-state index contributed by atoms with van der Waals surface area (Å²) in [5.74, 6) is 0.922. The molecule has 28 heavy (non-hydrogen) atoms. The fourth-order valence-corrected chi connectivity index (χ4v) is 2.58. The van der Waals surface area contributed by atoms with Crippen molar-refractivity contribution in [3.63, 3.8) is 0 Å². The zero-order valence-corrected chi connectivity index (χ0v) is 16.7. The van der Waals surface area contributed by atoms with Gasteiger partial charge in [0.05, 0.1) is 6.26 Å². The molecule has 8 heteroatoms. The van der Waals surface area contributed by atoms with Crippen LogP contribution in [-0.2, 0) is 21.4 Å². The van der Waals surface area contributed by atoms with Gasteiger partial charge >= 0.3 is 0 Å². The number of benzene rings is 2. The predicted molar refractivity (Wildman–Crippen MR) is 109 cm³/mol. The number of carbonyl (C=O) groups is 1. The van der Waals surface area contributed by atoms with Crippen LogP contribution in [0.3, 0.4) is 0 Å². The van der Waals surface area contributed by atoms with Crippen LogP contribution in [0.1, 0.15) is 5.56 Å². The Morgan fingerprint density at radius 2 is 1.64 bits per heavy atom. The monoisotopic (exact) mass is 404 g/mol. The first-order valence-corrected chi connectivity index (χ1v) is 10.4. The third-order valence-corrected chi connectivity index (χ3v) is 5.03. The summed E-state index contributed by atoms with van der Waals surface area (Å²) in [5.41, 5.74) is 1.46. The van der Waals surface area contributed by atoms with Crippen LogP contribution in [0.15, 0.2) is 61.2 Å². The maximum absolute atomic E-state index is 12.0. The number of nitrogens with zero attached hydrogens (tertiary/aromatic N) is 1. The Labute approximate surface area is 165 Å². The average molecular weight is 404 g/mol. The van der Waals surface area contributed by atoms with Gasteiger partial charge in [-0.25, -0.2) is 12.7 Å². The Kier molecular flexibility index (Phi) is 7.60. The zero-order valence-electron chi connectivity index (χ0n) is 15.9. The highest BCUT2D eigenvalue weighted by Crippen LogP contribution is 2.17. The first-order chi connectivity index (χ1) is 13.3. The first kappa shape index (κ1) is 21.5. The van der Waals surface area contributed by atoms with E-state index in [0.29, 0.717) is 23.8 Å². The van der Waals surface area contributed by atoms with Crippen LogP contribution in [0.4, 0.5) is 5.69 Å². The number of sulfonamides is 1. The van der Waals surface area contributed by atoms with E-state index in [2.05, 4.69) is 11.9 Å². The molecular weight excluding hydrogens is 380 g/mol. The summed E-state index contributed by atoms with van der Waals surface area (Å²) in [4.78, 5) is 12.0. The Bertz CT molecular complexity index is 893. The van der Waals surface area contributed by atoms with E-state index in [9.17, 15) is 13.2 Å². The lowest BCUT2D eigenvalue weighted by Gasteiger charge is -2.14. The third kappa shape index (κ3) is 7.05. The molecule has 0 saturated carbocycles. The number of nitrogens with one attached hydrogen (secondary N) is 1. The molecule has 0 unspecified atom stereocenters. The van der Waals surface area contributed by atoms with Gasteiger partial charge in [0, 0.05) is 19.3 Å². The average Bonchev–Trinajstić information content (AvgIpc) is 2.66. The molecule has 0 fully saturated rings. The topological polar surface area (TPSA) is 84.9 Å². The third-order valence-electron chi connectivity index (χ3n) is 3.77. The van der Waals surface area contributed by atoms with Crippen LogP contribution >= 0.6 is 0 Å². The van der Waals surface area contributed by atoms with Crippen LogP contribution in [0.5, 0.6) is 11.5 Å². The van der Waals surface area contributed by atoms with E-state index in [1.54, 1.807) is 54.6 Å². The van der Waals surface area contributed by atoms with Gasteiger partial charge in [0.15, 0.2) is 6.61 Å². The van der Waals surface area contributed by atoms with Gasteiger partial charge in [-0.2, -0.15) is 0 Å². The summed E-state index contributed by atoms with van der Waals surface area (Å²) in [7, 11) is -1.72. The summed E-state index contributed by atoms with van der Waals surface area (Å²) in [6, 6.07) is 13.9. The van der Waals surface area contributed by atoms with Crippen molar-refractivity contribution in [2.24, 2.45) is 0 Å². The Hall–Kier alpha value is -2.84. The summed E-state index contributed by atoms with van der Waals surface area (Å²) in [6.07, 6.45) is 2.81. The molecule has 1 N–H and O–H groups in total. The number of rotatable bonds is 10. The molecule has 150 valence electrons. The van der Waals surface area contributed by atoms with Crippen molar-refractivity contribution < 1.29 is 22.7 Å². The molecule has 0 bridgehead atoms. The highest BCUT2D eigenvalue weighted by Gasteiger charge is 2.11. The van der Waals surface area contributed by atoms with Gasteiger partial charge in [-0.1, -0.05) is 24.8 Å². The molecule has 0 aliphatic carbocycles. The smallest absolute Gasteiger partial charge is 0.262 e. The zero-order chi connectivity index (χ0) is 20.6. The maximum atomic E-state index is 12.0. The van der Waals surface area contributed by atoms with Crippen molar-refractivity contribution in [2.45, 2.75) is 6.54 Å². The minimum atomic E-state index is -3.23. The van der Waals surface area contributed by atoms with E-state index in [1.165, 1.54) is 11.4 Å². The van der Waals surface area contributed by atoms with Crippen molar-refractivity contribution in [3.05, 3.63) is 66.7 Å². The molecule has 0 spiro atoms. The van der Waals surface area contributed by atoms with Gasteiger partial charge in [-0.15, -0.1) is 0 Å². The predicted octanol–water partition coefficient (Wildman–Crippen LogP) is 2.66. The molecule has 0 aliphatic rings. The van der Waals surface area contributed by atoms with Gasteiger partial charge < -0.3 is 14.8 Å². The number of carbonyl (C=O) groups excluding carboxylic acids is 1. The second-order valence-corrected chi connectivity index (χ2v) is 8.21. The number of hydrogen-bond acceptors (Lipinski definition) is 5. The lowest BCUT2D eigenvalue weighted by Crippen LogP contribution is -2.24. The lowest BCUT2D eigenvalue weighted by molar-refractivity contribution is -0.118. The molecular formula is C20H24N2O5S. The normalized spacial score (nSPS) is 11.1. The van der Waals surface area contributed by atoms with Crippen LogP contribution in [0.25, 0.3) is 0 Å². The molecule has 1 amide bonds. The summed E-state index contributed by atoms with van der Waals surface area (Å²) in [5, 5.41) is 2.74. The molecule has 2 aromatic rings. The Balaban J connectivity index is 1.81. The first-order valence-electron chi connectivity index (χ1n) is 8.54. The molecule has 0 radical (unpaired) electrons. The summed E-state index contributed by atoms with van der Waals surface area (Å²) in [6.45, 7) is 4.13. The molecule has 0 aliphatic heterocycles. The van der Waals surface area contributed by atoms with Crippen LogP contribution < -0.4 is 14.8 Å². The standard InChI is InChI=1S/C20H24N2O5S/c1-4-13-26-18-11-7-17(8-12-18)21-20(23)15-27-19-9-5-16(6-10-19)14-22(2)28(3,24)25/h4-12H,1,13-15H2,2-3H3,(H,21,23). The number of ether oxygens (including phenoxy) is 2. The fourth-order valence-electron chi connectivity index (χ4n) is 2.20. The quantitative estimate of drug-likeness (QED) is 0.616. The molecule has 2 rings (SSSR count). The van der Waals surface area contributed by atoms with Crippen molar-refractivity contribution in [3.8, 4) is 11.5 Å². The molecule has 0 atom stereocenters. The second-order valence-electron chi connectivity index (χ2n) is 6.12. The van der Waals surface area contributed by atoms with E-state index in [4.69, 9.17) is 9.47 Å². The number of anilines is 1. The van der Waals surface area contributed by atoms with Gasteiger partial charge in [-0.05, 0) is 42.0 Å². The van der Waals surface area contributed by atoms with E-state index in [0.717, 1.165) is 11.8 Å². The second kappa shape index (κ2) is 9.91.